The molecule has 90 valence electrons. The zero-order chi connectivity index (χ0) is 12.5. The van der Waals surface area contributed by atoms with Crippen LogP contribution in [-0.2, 0) is 0 Å². The van der Waals surface area contributed by atoms with E-state index < -0.39 is 0 Å². The molecule has 0 saturated heterocycles. The molecule has 0 amide bonds. The van der Waals surface area contributed by atoms with Gasteiger partial charge in [-0.15, -0.1) is 0 Å². The molecule has 1 aromatic carbocycles. The summed E-state index contributed by atoms with van der Waals surface area (Å²) in [6, 6.07) is 6.32. The van der Waals surface area contributed by atoms with Crippen molar-refractivity contribution in [1.82, 2.24) is 14.4 Å². The van der Waals surface area contributed by atoms with Gasteiger partial charge in [0.15, 0.2) is 5.65 Å². The molecule has 0 unspecified atom stereocenters. The molecule has 0 aliphatic carbocycles. The Morgan fingerprint density at radius 3 is 2.78 bits per heavy atom. The average Bonchev–Trinajstić information content (AvgIpc) is 2.80. The first-order valence-corrected chi connectivity index (χ1v) is 6.76. The number of halogens is 2. The fourth-order valence-electron chi connectivity index (χ4n) is 1.56. The van der Waals surface area contributed by atoms with Gasteiger partial charge in [-0.25, -0.2) is 14.4 Å². The molecule has 2 heterocycles. The molecule has 3 nitrogen and oxygen atoms in total. The van der Waals surface area contributed by atoms with Crippen LogP contribution in [-0.4, -0.2) is 14.4 Å². The average molecular weight is 324 g/mol. The van der Waals surface area contributed by atoms with Crippen LogP contribution in [0.25, 0.3) is 5.65 Å². The fourth-order valence-corrected chi connectivity index (χ4v) is 2.96. The Balaban J connectivity index is 2.03. The van der Waals surface area contributed by atoms with Gasteiger partial charge in [-0.1, -0.05) is 11.8 Å². The van der Waals surface area contributed by atoms with Gasteiger partial charge in [0.25, 0.3) is 0 Å². The molecule has 3 aromatic rings. The molecule has 2 aromatic heterocycles. The molecule has 6 heteroatoms. The highest BCUT2D eigenvalue weighted by Gasteiger charge is 2.08. The monoisotopic (exact) mass is 323 g/mol. The molecule has 0 aliphatic heterocycles. The molecule has 0 N–H and O–H groups in total. The summed E-state index contributed by atoms with van der Waals surface area (Å²) in [5, 5.41) is 0.779. The van der Waals surface area contributed by atoms with Crippen LogP contribution < -0.4 is 0 Å². The van der Waals surface area contributed by atoms with Crippen LogP contribution in [0.1, 0.15) is 0 Å². The SMILES string of the molecule is Fc1ccc(Sc2nc(Br)cn3ccnc23)cc1. The van der Waals surface area contributed by atoms with Crippen molar-refractivity contribution in [3.8, 4) is 0 Å². The van der Waals surface area contributed by atoms with Crippen molar-refractivity contribution in [3.05, 3.63) is 53.3 Å². The van der Waals surface area contributed by atoms with Crippen molar-refractivity contribution in [2.24, 2.45) is 0 Å². The highest BCUT2D eigenvalue weighted by atomic mass is 79.9. The molecular weight excluding hydrogens is 317 g/mol. The van der Waals surface area contributed by atoms with E-state index in [4.69, 9.17) is 0 Å². The summed E-state index contributed by atoms with van der Waals surface area (Å²) >= 11 is 4.81. The first kappa shape index (κ1) is 11.7. The lowest BCUT2D eigenvalue weighted by atomic mass is 10.4. The van der Waals surface area contributed by atoms with Crippen LogP contribution in [0.2, 0.25) is 0 Å². The maximum atomic E-state index is 12.8. The molecule has 0 aliphatic rings. The van der Waals surface area contributed by atoms with Crippen molar-refractivity contribution >= 4 is 33.3 Å². The topological polar surface area (TPSA) is 30.2 Å². The molecular formula is C12H7BrFN3S. The summed E-state index contributed by atoms with van der Waals surface area (Å²) in [5.74, 6) is -0.243. The van der Waals surface area contributed by atoms with Crippen molar-refractivity contribution in [2.45, 2.75) is 9.92 Å². The Hall–Kier alpha value is -1.40. The summed E-state index contributed by atoms with van der Waals surface area (Å²) in [7, 11) is 0. The van der Waals surface area contributed by atoms with Crippen molar-refractivity contribution < 1.29 is 4.39 Å². The van der Waals surface area contributed by atoms with Gasteiger partial charge in [0.1, 0.15) is 15.4 Å². The molecule has 0 spiro atoms. The third-order valence-electron chi connectivity index (χ3n) is 2.34. The largest absolute Gasteiger partial charge is 0.302 e. The van der Waals surface area contributed by atoms with E-state index >= 15 is 0 Å². The first-order valence-electron chi connectivity index (χ1n) is 5.15. The molecule has 18 heavy (non-hydrogen) atoms. The van der Waals surface area contributed by atoms with E-state index in [2.05, 4.69) is 25.9 Å². The van der Waals surface area contributed by atoms with E-state index in [1.54, 1.807) is 18.3 Å². The molecule has 0 fully saturated rings. The predicted octanol–water partition coefficient (Wildman–Crippen LogP) is 3.78. The molecule has 0 bridgehead atoms. The number of hydrogen-bond donors (Lipinski definition) is 0. The number of rotatable bonds is 2. The van der Waals surface area contributed by atoms with Crippen LogP contribution in [0.15, 0.2) is 57.4 Å². The Bertz CT molecular complexity index is 696. The van der Waals surface area contributed by atoms with Gasteiger partial charge in [0, 0.05) is 23.5 Å². The van der Waals surface area contributed by atoms with E-state index in [-0.39, 0.29) is 5.82 Å². The fraction of sp³-hybridized carbons (Fsp3) is 0. The molecule has 0 saturated carbocycles. The van der Waals surface area contributed by atoms with Crippen LogP contribution in [0.5, 0.6) is 0 Å². The van der Waals surface area contributed by atoms with E-state index in [1.807, 2.05) is 16.8 Å². The quantitative estimate of drug-likeness (QED) is 0.719. The number of aromatic nitrogens is 3. The summed E-state index contributed by atoms with van der Waals surface area (Å²) in [6.07, 6.45) is 5.42. The van der Waals surface area contributed by atoms with Crippen molar-refractivity contribution in [2.75, 3.05) is 0 Å². The van der Waals surface area contributed by atoms with Crippen LogP contribution >= 0.6 is 27.7 Å². The van der Waals surface area contributed by atoms with Crippen LogP contribution in [0, 0.1) is 5.82 Å². The Kier molecular flexibility index (Phi) is 3.05. The lowest BCUT2D eigenvalue weighted by Gasteiger charge is -2.03. The standard InChI is InChI=1S/C12H7BrFN3S/c13-10-7-17-6-5-15-11(17)12(16-10)18-9-3-1-8(14)2-4-9/h1-7H. The lowest BCUT2D eigenvalue weighted by molar-refractivity contribution is 0.626. The minimum atomic E-state index is -0.243. The van der Waals surface area contributed by atoms with Gasteiger partial charge in [0.2, 0.25) is 0 Å². The van der Waals surface area contributed by atoms with Gasteiger partial charge in [-0.3, -0.25) is 0 Å². The van der Waals surface area contributed by atoms with E-state index in [0.717, 1.165) is 20.2 Å². The highest BCUT2D eigenvalue weighted by molar-refractivity contribution is 9.10. The summed E-state index contributed by atoms with van der Waals surface area (Å²) in [4.78, 5) is 9.58. The highest BCUT2D eigenvalue weighted by Crippen LogP contribution is 2.29. The number of imidazole rings is 1. The van der Waals surface area contributed by atoms with Gasteiger partial charge in [0.05, 0.1) is 0 Å². The third kappa shape index (κ3) is 2.26. The maximum absolute atomic E-state index is 12.8. The number of nitrogens with zero attached hydrogens (tertiary/aromatic N) is 3. The van der Waals surface area contributed by atoms with Gasteiger partial charge in [-0.05, 0) is 40.2 Å². The molecule has 0 radical (unpaired) electrons. The Morgan fingerprint density at radius 1 is 1.22 bits per heavy atom. The van der Waals surface area contributed by atoms with Crippen LogP contribution in [0.3, 0.4) is 0 Å². The van der Waals surface area contributed by atoms with Gasteiger partial charge >= 0.3 is 0 Å². The Labute approximate surface area is 115 Å². The number of benzene rings is 1. The predicted molar refractivity (Wildman–Crippen MR) is 71.2 cm³/mol. The first-order chi connectivity index (χ1) is 8.72. The summed E-state index contributed by atoms with van der Waals surface area (Å²) in [5.41, 5.74) is 0.785. The van der Waals surface area contributed by atoms with Crippen LogP contribution in [0.4, 0.5) is 4.39 Å². The Morgan fingerprint density at radius 2 is 2.00 bits per heavy atom. The zero-order valence-electron chi connectivity index (χ0n) is 9.05. The smallest absolute Gasteiger partial charge is 0.170 e. The third-order valence-corrected chi connectivity index (χ3v) is 3.70. The maximum Gasteiger partial charge on any atom is 0.170 e. The molecule has 0 atom stereocenters. The van der Waals surface area contributed by atoms with Gasteiger partial charge < -0.3 is 4.40 Å². The second-order valence-corrected chi connectivity index (χ2v) is 5.46. The van der Waals surface area contributed by atoms with E-state index in [0.29, 0.717) is 0 Å². The summed E-state index contributed by atoms with van der Waals surface area (Å²) in [6.45, 7) is 0. The van der Waals surface area contributed by atoms with Crippen molar-refractivity contribution in [3.63, 3.8) is 0 Å². The van der Waals surface area contributed by atoms with Gasteiger partial charge in [-0.2, -0.15) is 0 Å². The van der Waals surface area contributed by atoms with E-state index in [1.165, 1.54) is 23.9 Å². The normalized spacial score (nSPS) is 11.0. The summed E-state index contributed by atoms with van der Waals surface area (Å²) < 4.78 is 15.5. The number of hydrogen-bond acceptors (Lipinski definition) is 3. The second kappa shape index (κ2) is 4.70. The molecule has 3 rings (SSSR count). The van der Waals surface area contributed by atoms with E-state index in [9.17, 15) is 4.39 Å². The minimum Gasteiger partial charge on any atom is -0.302 e. The lowest BCUT2D eigenvalue weighted by Crippen LogP contribution is -1.91. The minimum absolute atomic E-state index is 0.243. The van der Waals surface area contributed by atoms with Crippen molar-refractivity contribution in [1.29, 1.82) is 0 Å². The second-order valence-electron chi connectivity index (χ2n) is 3.58. The number of fused-ring (bicyclic) bond motifs is 1. The zero-order valence-corrected chi connectivity index (χ0v) is 11.4.